The third-order valence-corrected chi connectivity index (χ3v) is 10.1. The van der Waals surface area contributed by atoms with Crippen molar-refractivity contribution in [2.24, 2.45) is 4.99 Å². The number of ether oxygens (including phenoxy) is 4. The van der Waals surface area contributed by atoms with Crippen LogP contribution in [0.2, 0.25) is 0 Å². The second kappa shape index (κ2) is 14.3. The maximum absolute atomic E-state index is 13.5. The summed E-state index contributed by atoms with van der Waals surface area (Å²) in [6.07, 6.45) is 5.67. The second-order valence-corrected chi connectivity index (χ2v) is 14.7. The first-order valence-electron chi connectivity index (χ1n) is 17.6. The number of carbonyl (C=O) groups excluding carboxylic acids is 2. The van der Waals surface area contributed by atoms with Crippen LogP contribution in [-0.4, -0.2) is 96.9 Å². The second-order valence-electron chi connectivity index (χ2n) is 14.7. The maximum atomic E-state index is 13.5. The number of fused-ring (bicyclic) bond motifs is 2. The lowest BCUT2D eigenvalue weighted by Crippen LogP contribution is -2.57. The molecule has 1 atom stereocenters. The Morgan fingerprint density at radius 3 is 2.24 bits per heavy atom. The highest BCUT2D eigenvalue weighted by Gasteiger charge is 2.38. The van der Waals surface area contributed by atoms with E-state index in [1.54, 1.807) is 20.3 Å². The SMILES string of the molecule is COc1ccc(Oc2ccc(C(=O)N3CCN(C(C)(C)CC(C)(C)Oc4cc5c(cc4OC)C(=O)N4CCCCC4C=N5)CC3)cc2C)cc1. The number of carbonyl (C=O) groups is 2. The molecule has 10 nitrogen and oxygen atoms in total. The highest BCUT2D eigenvalue weighted by molar-refractivity contribution is 6.03. The minimum Gasteiger partial charge on any atom is -0.497 e. The van der Waals surface area contributed by atoms with Gasteiger partial charge in [-0.1, -0.05) is 0 Å². The normalized spacial score (nSPS) is 18.2. The lowest BCUT2D eigenvalue weighted by atomic mass is 9.87. The summed E-state index contributed by atoms with van der Waals surface area (Å²) in [5.74, 6) is 3.30. The van der Waals surface area contributed by atoms with Crippen molar-refractivity contribution in [2.75, 3.05) is 46.9 Å². The Balaban J connectivity index is 1.07. The Kier molecular flexibility index (Phi) is 10.1. The Labute approximate surface area is 296 Å². The van der Waals surface area contributed by atoms with E-state index in [4.69, 9.17) is 23.9 Å². The van der Waals surface area contributed by atoms with E-state index in [9.17, 15) is 9.59 Å². The molecule has 0 radical (unpaired) electrons. The van der Waals surface area contributed by atoms with Crippen molar-refractivity contribution in [1.82, 2.24) is 14.7 Å². The number of methoxy groups -OCH3 is 2. The monoisotopic (exact) mass is 682 g/mol. The van der Waals surface area contributed by atoms with Crippen molar-refractivity contribution in [2.45, 2.75) is 77.5 Å². The van der Waals surface area contributed by atoms with E-state index in [0.29, 0.717) is 52.9 Å². The molecule has 3 aromatic rings. The van der Waals surface area contributed by atoms with Crippen molar-refractivity contribution in [3.8, 4) is 28.7 Å². The van der Waals surface area contributed by atoms with Gasteiger partial charge in [-0.3, -0.25) is 19.5 Å². The summed E-state index contributed by atoms with van der Waals surface area (Å²) in [4.78, 5) is 38.0. The molecule has 2 amide bonds. The number of hydrogen-bond acceptors (Lipinski definition) is 8. The first-order chi connectivity index (χ1) is 23.9. The van der Waals surface area contributed by atoms with Crippen molar-refractivity contribution < 1.29 is 28.5 Å². The summed E-state index contributed by atoms with van der Waals surface area (Å²) in [6.45, 7) is 14.1. The van der Waals surface area contributed by atoms with Crippen LogP contribution in [0.1, 0.15) is 79.7 Å². The van der Waals surface area contributed by atoms with E-state index in [0.717, 1.165) is 56.6 Å². The van der Waals surface area contributed by atoms with Gasteiger partial charge in [-0.15, -0.1) is 0 Å². The zero-order valence-corrected chi connectivity index (χ0v) is 30.5. The van der Waals surface area contributed by atoms with E-state index in [1.165, 1.54) is 0 Å². The molecule has 3 aliphatic heterocycles. The number of aryl methyl sites for hydroxylation is 1. The van der Waals surface area contributed by atoms with Crippen LogP contribution < -0.4 is 18.9 Å². The fourth-order valence-electron chi connectivity index (χ4n) is 7.60. The Morgan fingerprint density at radius 2 is 1.56 bits per heavy atom. The molecular formula is C40H50N4O6. The van der Waals surface area contributed by atoms with Crippen molar-refractivity contribution in [3.05, 3.63) is 71.3 Å². The summed E-state index contributed by atoms with van der Waals surface area (Å²) in [5.41, 5.74) is 1.93. The van der Waals surface area contributed by atoms with Gasteiger partial charge in [0.15, 0.2) is 11.5 Å². The minimum atomic E-state index is -0.568. The Morgan fingerprint density at radius 1 is 0.840 bits per heavy atom. The van der Waals surface area contributed by atoms with Gasteiger partial charge in [0.2, 0.25) is 0 Å². The van der Waals surface area contributed by atoms with Crippen LogP contribution in [0.4, 0.5) is 5.69 Å². The molecule has 266 valence electrons. The van der Waals surface area contributed by atoms with Gasteiger partial charge >= 0.3 is 0 Å². The topological polar surface area (TPSA) is 93.1 Å². The van der Waals surface area contributed by atoms with Crippen molar-refractivity contribution in [1.29, 1.82) is 0 Å². The highest BCUT2D eigenvalue weighted by Crippen LogP contribution is 2.41. The number of nitrogens with zero attached hydrogens (tertiary/aromatic N) is 4. The number of amides is 2. The van der Waals surface area contributed by atoms with Gasteiger partial charge in [0.25, 0.3) is 11.8 Å². The maximum Gasteiger partial charge on any atom is 0.256 e. The van der Waals surface area contributed by atoms with E-state index in [1.807, 2.05) is 71.5 Å². The fraction of sp³-hybridized carbons (Fsp3) is 0.475. The summed E-state index contributed by atoms with van der Waals surface area (Å²) < 4.78 is 23.7. The average molecular weight is 683 g/mol. The molecule has 1 unspecified atom stereocenters. The first kappa shape index (κ1) is 35.3. The summed E-state index contributed by atoms with van der Waals surface area (Å²) in [7, 11) is 3.24. The number of hydrogen-bond donors (Lipinski definition) is 0. The van der Waals surface area contributed by atoms with Crippen LogP contribution in [0.25, 0.3) is 0 Å². The molecule has 0 aromatic heterocycles. The van der Waals surface area contributed by atoms with Crippen molar-refractivity contribution in [3.63, 3.8) is 0 Å². The molecule has 0 bridgehead atoms. The zero-order valence-electron chi connectivity index (χ0n) is 30.5. The number of benzene rings is 3. The average Bonchev–Trinajstić information content (AvgIpc) is 3.24. The predicted octanol–water partition coefficient (Wildman–Crippen LogP) is 7.30. The van der Waals surface area contributed by atoms with Gasteiger partial charge in [0, 0.05) is 62.5 Å². The smallest absolute Gasteiger partial charge is 0.256 e. The molecule has 50 heavy (non-hydrogen) atoms. The Bertz CT molecular complexity index is 1740. The largest absolute Gasteiger partial charge is 0.497 e. The molecule has 0 saturated carbocycles. The summed E-state index contributed by atoms with van der Waals surface area (Å²) in [5, 5.41) is 0. The molecule has 2 saturated heterocycles. The van der Waals surface area contributed by atoms with Gasteiger partial charge in [-0.05, 0) is 108 Å². The quantitative estimate of drug-likeness (QED) is 0.222. The van der Waals surface area contributed by atoms with Crippen LogP contribution in [0, 0.1) is 6.92 Å². The number of piperazine rings is 1. The lowest BCUT2D eigenvalue weighted by molar-refractivity contribution is -0.00471. The molecule has 3 heterocycles. The minimum absolute atomic E-state index is 0.00374. The molecule has 0 N–H and O–H groups in total. The molecule has 3 aromatic carbocycles. The highest BCUT2D eigenvalue weighted by atomic mass is 16.5. The van der Waals surface area contributed by atoms with Crippen LogP contribution in [0.15, 0.2) is 59.6 Å². The molecule has 0 spiro atoms. The van der Waals surface area contributed by atoms with E-state index >= 15 is 0 Å². The van der Waals surface area contributed by atoms with Gasteiger partial charge in [0.05, 0.1) is 31.5 Å². The van der Waals surface area contributed by atoms with E-state index in [-0.39, 0.29) is 23.4 Å². The van der Waals surface area contributed by atoms with Crippen molar-refractivity contribution >= 4 is 23.7 Å². The Hall–Kier alpha value is -4.57. The summed E-state index contributed by atoms with van der Waals surface area (Å²) >= 11 is 0. The molecular weight excluding hydrogens is 632 g/mol. The standard InChI is InChI=1S/C40H50N4O6/c1-27-22-28(11-16-34(27)49-31-14-12-30(47-6)13-15-31)37(45)42-18-20-43(21-19-42)39(2,3)26-40(4,5)50-36-24-33-32(23-35(36)48-7)38(46)44-17-9-8-10-29(44)25-41-33/h11-16,22-25,29H,8-10,17-21,26H2,1-7H3. The predicted molar refractivity (Wildman–Crippen MR) is 195 cm³/mol. The number of rotatable bonds is 10. The van der Waals surface area contributed by atoms with Crippen LogP contribution >= 0.6 is 0 Å². The fourth-order valence-corrected chi connectivity index (χ4v) is 7.60. The lowest BCUT2D eigenvalue weighted by Gasteiger charge is -2.47. The van der Waals surface area contributed by atoms with E-state index in [2.05, 4.69) is 32.6 Å². The zero-order chi connectivity index (χ0) is 35.6. The number of aliphatic imine (C=N–C) groups is 1. The van der Waals surface area contributed by atoms with Gasteiger partial charge in [-0.25, -0.2) is 0 Å². The first-order valence-corrected chi connectivity index (χ1v) is 17.6. The molecule has 10 heteroatoms. The molecule has 2 fully saturated rings. The summed E-state index contributed by atoms with van der Waals surface area (Å²) in [6, 6.07) is 16.7. The third kappa shape index (κ3) is 7.60. The molecule has 6 rings (SSSR count). The third-order valence-electron chi connectivity index (χ3n) is 10.1. The van der Waals surface area contributed by atoms with Crippen LogP contribution in [0.5, 0.6) is 28.7 Å². The molecule has 0 aliphatic carbocycles. The molecule has 3 aliphatic rings. The van der Waals surface area contributed by atoms with Gasteiger partial charge in [0.1, 0.15) is 22.8 Å². The van der Waals surface area contributed by atoms with Gasteiger partial charge < -0.3 is 28.7 Å². The van der Waals surface area contributed by atoms with E-state index < -0.39 is 5.60 Å². The van der Waals surface area contributed by atoms with Crippen LogP contribution in [-0.2, 0) is 0 Å². The van der Waals surface area contributed by atoms with Crippen LogP contribution in [0.3, 0.4) is 0 Å². The number of piperidine rings is 1. The van der Waals surface area contributed by atoms with Gasteiger partial charge in [-0.2, -0.15) is 0 Å².